The molecule has 1 heterocycles. The molecule has 0 saturated heterocycles. The van der Waals surface area contributed by atoms with E-state index in [1.54, 1.807) is 24.3 Å². The Morgan fingerprint density at radius 3 is 2.57 bits per heavy atom. The molecule has 0 atom stereocenters. The van der Waals surface area contributed by atoms with Crippen molar-refractivity contribution in [2.75, 3.05) is 11.1 Å². The number of non-ortho nitro benzene ring substituents is 1. The summed E-state index contributed by atoms with van der Waals surface area (Å²) in [7, 11) is 0. The average molecular weight is 464 g/mol. The Labute approximate surface area is 186 Å². The third-order valence-electron chi connectivity index (χ3n) is 3.90. The molecule has 0 spiro atoms. The Hall–Kier alpha value is -2.88. The van der Waals surface area contributed by atoms with Gasteiger partial charge in [-0.1, -0.05) is 41.0 Å². The van der Waals surface area contributed by atoms with Crippen molar-refractivity contribution in [1.82, 2.24) is 14.8 Å². The highest BCUT2D eigenvalue weighted by molar-refractivity contribution is 7.99. The van der Waals surface area contributed by atoms with E-state index in [9.17, 15) is 14.9 Å². The zero-order valence-corrected chi connectivity index (χ0v) is 17.7. The van der Waals surface area contributed by atoms with E-state index in [0.29, 0.717) is 33.3 Å². The van der Waals surface area contributed by atoms with Crippen molar-refractivity contribution in [3.05, 3.63) is 75.3 Å². The lowest BCUT2D eigenvalue weighted by atomic mass is 10.2. The Balaban J connectivity index is 1.70. The first-order valence-corrected chi connectivity index (χ1v) is 10.3. The largest absolute Gasteiger partial charge is 0.325 e. The van der Waals surface area contributed by atoms with Crippen LogP contribution in [0.15, 0.2) is 60.3 Å². The molecule has 11 heteroatoms. The van der Waals surface area contributed by atoms with Gasteiger partial charge in [-0.2, -0.15) is 0 Å². The van der Waals surface area contributed by atoms with Gasteiger partial charge >= 0.3 is 0 Å². The van der Waals surface area contributed by atoms with Crippen LogP contribution in [0.3, 0.4) is 0 Å². The summed E-state index contributed by atoms with van der Waals surface area (Å²) in [5.41, 5.74) is 1.16. The summed E-state index contributed by atoms with van der Waals surface area (Å²) in [4.78, 5) is 22.5. The Kier molecular flexibility index (Phi) is 7.09. The van der Waals surface area contributed by atoms with E-state index < -0.39 is 4.92 Å². The Morgan fingerprint density at radius 2 is 1.93 bits per heavy atom. The molecule has 0 radical (unpaired) electrons. The fraction of sp³-hybridized carbons (Fsp3) is 0.105. The van der Waals surface area contributed by atoms with Crippen LogP contribution in [0.5, 0.6) is 0 Å². The van der Waals surface area contributed by atoms with Gasteiger partial charge in [0.25, 0.3) is 5.69 Å². The molecule has 8 nitrogen and oxygen atoms in total. The fourth-order valence-electron chi connectivity index (χ4n) is 2.53. The first kappa shape index (κ1) is 21.8. The van der Waals surface area contributed by atoms with E-state index in [1.165, 1.54) is 36.0 Å². The van der Waals surface area contributed by atoms with E-state index in [4.69, 9.17) is 23.2 Å². The number of carbonyl (C=O) groups is 1. The third-order valence-corrected chi connectivity index (χ3v) is 5.61. The van der Waals surface area contributed by atoms with Crippen LogP contribution in [0, 0.1) is 10.1 Å². The SMILES string of the molecule is C=CCn1c(SCC(=O)Nc2ccc([N+](=O)[O-])cc2)nnc1-c1ccc(Cl)c(Cl)c1. The van der Waals surface area contributed by atoms with Crippen LogP contribution in [0.25, 0.3) is 11.4 Å². The number of hydrogen-bond acceptors (Lipinski definition) is 6. The van der Waals surface area contributed by atoms with Crippen LogP contribution in [0.2, 0.25) is 10.0 Å². The van der Waals surface area contributed by atoms with Crippen molar-refractivity contribution in [2.45, 2.75) is 11.7 Å². The summed E-state index contributed by atoms with van der Waals surface area (Å²) in [5.74, 6) is 0.373. The quantitative estimate of drug-likeness (QED) is 0.216. The van der Waals surface area contributed by atoms with Crippen molar-refractivity contribution in [3.63, 3.8) is 0 Å². The van der Waals surface area contributed by atoms with Crippen molar-refractivity contribution in [2.24, 2.45) is 0 Å². The molecule has 0 saturated carbocycles. The number of thioether (sulfide) groups is 1. The summed E-state index contributed by atoms with van der Waals surface area (Å²) in [6.07, 6.45) is 1.70. The van der Waals surface area contributed by atoms with Crippen LogP contribution in [0.4, 0.5) is 11.4 Å². The molecular formula is C19H15Cl2N5O3S. The number of nitro benzene ring substituents is 1. The van der Waals surface area contributed by atoms with E-state index in [0.717, 1.165) is 5.56 Å². The predicted molar refractivity (Wildman–Crippen MR) is 118 cm³/mol. The maximum atomic E-state index is 12.3. The highest BCUT2D eigenvalue weighted by atomic mass is 35.5. The number of nitro groups is 1. The van der Waals surface area contributed by atoms with Crippen LogP contribution in [-0.2, 0) is 11.3 Å². The van der Waals surface area contributed by atoms with Gasteiger partial charge in [-0.3, -0.25) is 19.5 Å². The first-order valence-electron chi connectivity index (χ1n) is 8.55. The molecule has 30 heavy (non-hydrogen) atoms. The highest BCUT2D eigenvalue weighted by Crippen LogP contribution is 2.30. The molecule has 0 aliphatic carbocycles. The van der Waals surface area contributed by atoms with Gasteiger partial charge in [0.2, 0.25) is 5.91 Å². The molecule has 0 bridgehead atoms. The van der Waals surface area contributed by atoms with Gasteiger partial charge < -0.3 is 5.32 Å². The smallest absolute Gasteiger partial charge is 0.269 e. The fourth-order valence-corrected chi connectivity index (χ4v) is 3.58. The van der Waals surface area contributed by atoms with Crippen LogP contribution >= 0.6 is 35.0 Å². The second-order valence-corrected chi connectivity index (χ2v) is 7.73. The second kappa shape index (κ2) is 9.75. The monoisotopic (exact) mass is 463 g/mol. The topological polar surface area (TPSA) is 103 Å². The molecular weight excluding hydrogens is 449 g/mol. The molecule has 0 unspecified atom stereocenters. The lowest BCUT2D eigenvalue weighted by molar-refractivity contribution is -0.384. The molecule has 0 aliphatic rings. The zero-order chi connectivity index (χ0) is 21.7. The summed E-state index contributed by atoms with van der Waals surface area (Å²) in [6, 6.07) is 10.8. The number of hydrogen-bond donors (Lipinski definition) is 1. The summed E-state index contributed by atoms with van der Waals surface area (Å²) in [5, 5.41) is 23.1. The number of carbonyl (C=O) groups excluding carboxylic acids is 1. The van der Waals surface area contributed by atoms with E-state index in [-0.39, 0.29) is 17.3 Å². The Bertz CT molecular complexity index is 1100. The highest BCUT2D eigenvalue weighted by Gasteiger charge is 2.16. The zero-order valence-electron chi connectivity index (χ0n) is 15.4. The number of rotatable bonds is 8. The van der Waals surface area contributed by atoms with Gasteiger partial charge in [-0.05, 0) is 30.3 Å². The molecule has 0 fully saturated rings. The Morgan fingerprint density at radius 1 is 1.20 bits per heavy atom. The van der Waals surface area contributed by atoms with Crippen molar-refractivity contribution >= 4 is 52.2 Å². The standard InChI is InChI=1S/C19H15Cl2N5O3S/c1-2-9-25-18(12-3-8-15(20)16(21)10-12)23-24-19(25)30-11-17(27)22-13-4-6-14(7-5-13)26(28)29/h2-8,10H,1,9,11H2,(H,22,27). The van der Waals surface area contributed by atoms with E-state index in [2.05, 4.69) is 22.1 Å². The number of nitrogens with one attached hydrogen (secondary N) is 1. The molecule has 154 valence electrons. The number of anilines is 1. The van der Waals surface area contributed by atoms with E-state index in [1.807, 2.05) is 4.57 Å². The number of amides is 1. The predicted octanol–water partition coefficient (Wildman–Crippen LogP) is 5.08. The van der Waals surface area contributed by atoms with Crippen LogP contribution < -0.4 is 5.32 Å². The average Bonchev–Trinajstić information content (AvgIpc) is 3.12. The van der Waals surface area contributed by atoms with Gasteiger partial charge in [0.15, 0.2) is 11.0 Å². The van der Waals surface area contributed by atoms with Gasteiger partial charge in [0, 0.05) is 29.9 Å². The van der Waals surface area contributed by atoms with Gasteiger partial charge in [0.1, 0.15) is 0 Å². The molecule has 0 aliphatic heterocycles. The van der Waals surface area contributed by atoms with Crippen molar-refractivity contribution in [3.8, 4) is 11.4 Å². The maximum absolute atomic E-state index is 12.3. The second-order valence-electron chi connectivity index (χ2n) is 5.98. The maximum Gasteiger partial charge on any atom is 0.269 e. The van der Waals surface area contributed by atoms with Crippen LogP contribution in [0.1, 0.15) is 0 Å². The van der Waals surface area contributed by atoms with Crippen molar-refractivity contribution < 1.29 is 9.72 Å². The first-order chi connectivity index (χ1) is 14.4. The third kappa shape index (κ3) is 5.18. The lowest BCUT2D eigenvalue weighted by Crippen LogP contribution is -2.14. The lowest BCUT2D eigenvalue weighted by Gasteiger charge is -2.09. The minimum absolute atomic E-state index is 0.0465. The molecule has 3 rings (SSSR count). The minimum atomic E-state index is -0.501. The summed E-state index contributed by atoms with van der Waals surface area (Å²) in [6.45, 7) is 4.19. The summed E-state index contributed by atoms with van der Waals surface area (Å²) < 4.78 is 1.82. The number of nitrogens with zero attached hydrogens (tertiary/aromatic N) is 4. The van der Waals surface area contributed by atoms with Gasteiger partial charge in [0.05, 0.1) is 20.7 Å². The summed E-state index contributed by atoms with van der Waals surface area (Å²) >= 11 is 13.3. The van der Waals surface area contributed by atoms with E-state index >= 15 is 0 Å². The van der Waals surface area contributed by atoms with Crippen LogP contribution in [-0.4, -0.2) is 31.3 Å². The molecule has 1 amide bonds. The number of allylic oxidation sites excluding steroid dienone is 1. The molecule has 2 aromatic carbocycles. The van der Waals surface area contributed by atoms with Gasteiger partial charge in [-0.25, -0.2) is 0 Å². The molecule has 3 aromatic rings. The number of aromatic nitrogens is 3. The van der Waals surface area contributed by atoms with Gasteiger partial charge in [-0.15, -0.1) is 16.8 Å². The normalized spacial score (nSPS) is 10.6. The number of halogens is 2. The molecule has 1 N–H and O–H groups in total. The number of benzene rings is 2. The molecule has 1 aromatic heterocycles. The van der Waals surface area contributed by atoms with Crippen molar-refractivity contribution in [1.29, 1.82) is 0 Å². The minimum Gasteiger partial charge on any atom is -0.325 e.